The molecule has 22 heavy (non-hydrogen) atoms. The van der Waals surface area contributed by atoms with Crippen molar-refractivity contribution in [3.8, 4) is 0 Å². The van der Waals surface area contributed by atoms with Gasteiger partial charge in [-0.05, 0) is 12.8 Å². The van der Waals surface area contributed by atoms with Crippen LogP contribution in [0.4, 0.5) is 0 Å². The number of aliphatic carboxylic acids is 1. The Morgan fingerprint density at radius 2 is 1.95 bits per heavy atom. The highest BCUT2D eigenvalue weighted by Crippen LogP contribution is 2.18. The van der Waals surface area contributed by atoms with Crippen LogP contribution in [0.25, 0.3) is 0 Å². The first-order chi connectivity index (χ1) is 10.3. The quantitative estimate of drug-likeness (QED) is 0.327. The minimum atomic E-state index is -1.31. The van der Waals surface area contributed by atoms with Gasteiger partial charge in [0.15, 0.2) is 0 Å². The molecule has 3 amide bonds. The Morgan fingerprint density at radius 3 is 2.45 bits per heavy atom. The van der Waals surface area contributed by atoms with Crippen LogP contribution in [0.5, 0.6) is 0 Å². The van der Waals surface area contributed by atoms with Crippen molar-refractivity contribution in [1.29, 1.82) is 0 Å². The molecule has 0 bridgehead atoms. The van der Waals surface area contributed by atoms with Crippen molar-refractivity contribution in [3.05, 3.63) is 0 Å². The lowest BCUT2D eigenvalue weighted by Crippen LogP contribution is -2.56. The Labute approximate surface area is 126 Å². The fourth-order valence-electron chi connectivity index (χ4n) is 2.26. The van der Waals surface area contributed by atoms with E-state index in [2.05, 4.69) is 5.32 Å². The van der Waals surface area contributed by atoms with Gasteiger partial charge in [-0.25, -0.2) is 4.79 Å². The SMILES string of the molecule is NC(=O)C[C@H](N)C(=O)N[C@@H](CO)C(=O)N1CCC[C@@H]1C(=O)O. The molecule has 0 aromatic rings. The molecule has 1 saturated heterocycles. The van der Waals surface area contributed by atoms with Gasteiger partial charge in [-0.1, -0.05) is 0 Å². The molecule has 7 N–H and O–H groups in total. The second-order valence-corrected chi connectivity index (χ2v) is 5.05. The van der Waals surface area contributed by atoms with Gasteiger partial charge in [0, 0.05) is 6.54 Å². The number of amides is 3. The van der Waals surface area contributed by atoms with Crippen LogP contribution in [-0.2, 0) is 19.2 Å². The summed E-state index contributed by atoms with van der Waals surface area (Å²) in [5.41, 5.74) is 10.4. The number of carbonyl (C=O) groups excluding carboxylic acids is 3. The van der Waals surface area contributed by atoms with E-state index in [1.165, 1.54) is 0 Å². The average molecular weight is 316 g/mol. The Kier molecular flexibility index (Phi) is 6.25. The van der Waals surface area contributed by atoms with Gasteiger partial charge >= 0.3 is 5.97 Å². The second-order valence-electron chi connectivity index (χ2n) is 5.05. The molecule has 3 atom stereocenters. The Morgan fingerprint density at radius 1 is 1.32 bits per heavy atom. The number of primary amides is 1. The van der Waals surface area contributed by atoms with E-state index in [4.69, 9.17) is 16.6 Å². The third-order valence-electron chi connectivity index (χ3n) is 3.38. The lowest BCUT2D eigenvalue weighted by molar-refractivity contribution is -0.150. The normalized spacial score (nSPS) is 20.3. The van der Waals surface area contributed by atoms with Crippen molar-refractivity contribution >= 4 is 23.7 Å². The number of carbonyl (C=O) groups is 4. The summed E-state index contributed by atoms with van der Waals surface area (Å²) < 4.78 is 0. The van der Waals surface area contributed by atoms with Crippen molar-refractivity contribution in [3.63, 3.8) is 0 Å². The fraction of sp³-hybridized carbons (Fsp3) is 0.667. The van der Waals surface area contributed by atoms with Crippen LogP contribution in [0.3, 0.4) is 0 Å². The second kappa shape index (κ2) is 7.71. The standard InChI is InChI=1S/C12H20N4O6/c13-6(4-9(14)18)10(19)15-7(5-17)11(20)16-3-1-2-8(16)12(21)22/h6-8,17H,1-5,13H2,(H2,14,18)(H,15,19)(H,21,22)/t6-,7-,8+/m0/s1. The van der Waals surface area contributed by atoms with Gasteiger partial charge in [0.25, 0.3) is 0 Å². The number of carboxylic acids is 1. The van der Waals surface area contributed by atoms with Crippen molar-refractivity contribution in [2.24, 2.45) is 11.5 Å². The van der Waals surface area contributed by atoms with Crippen molar-refractivity contribution in [2.75, 3.05) is 13.2 Å². The van der Waals surface area contributed by atoms with Crippen molar-refractivity contribution in [1.82, 2.24) is 10.2 Å². The fourth-order valence-corrected chi connectivity index (χ4v) is 2.26. The molecule has 0 spiro atoms. The van der Waals surface area contributed by atoms with E-state index in [0.29, 0.717) is 12.8 Å². The number of carboxylic acid groups (broad SMARTS) is 1. The highest BCUT2D eigenvalue weighted by Gasteiger charge is 2.37. The molecule has 0 unspecified atom stereocenters. The molecule has 0 aromatic heterocycles. The summed E-state index contributed by atoms with van der Waals surface area (Å²) in [4.78, 5) is 46.8. The first-order valence-corrected chi connectivity index (χ1v) is 6.76. The molecule has 0 saturated carbocycles. The van der Waals surface area contributed by atoms with Gasteiger partial charge in [-0.2, -0.15) is 0 Å². The van der Waals surface area contributed by atoms with E-state index in [1.807, 2.05) is 0 Å². The molecule has 1 aliphatic heterocycles. The summed E-state index contributed by atoms with van der Waals surface area (Å²) in [5, 5.41) is 20.5. The van der Waals surface area contributed by atoms with Crippen LogP contribution in [-0.4, -0.2) is 70.1 Å². The molecule has 1 rings (SSSR count). The summed E-state index contributed by atoms with van der Waals surface area (Å²) in [6.07, 6.45) is 0.435. The lowest BCUT2D eigenvalue weighted by Gasteiger charge is -2.26. The number of aliphatic hydroxyl groups excluding tert-OH is 1. The number of likely N-dealkylation sites (tertiary alicyclic amines) is 1. The minimum absolute atomic E-state index is 0.232. The van der Waals surface area contributed by atoms with Crippen LogP contribution >= 0.6 is 0 Å². The number of nitrogens with one attached hydrogen (secondary N) is 1. The van der Waals surface area contributed by atoms with Crippen molar-refractivity contribution in [2.45, 2.75) is 37.4 Å². The molecule has 10 nitrogen and oxygen atoms in total. The maximum atomic E-state index is 12.2. The smallest absolute Gasteiger partial charge is 0.326 e. The van der Waals surface area contributed by atoms with E-state index in [9.17, 15) is 24.3 Å². The van der Waals surface area contributed by atoms with Gasteiger partial charge in [0.1, 0.15) is 12.1 Å². The topological polar surface area (TPSA) is 176 Å². The third kappa shape index (κ3) is 4.40. The molecule has 0 aliphatic carbocycles. The lowest BCUT2D eigenvalue weighted by atomic mass is 10.1. The summed E-state index contributed by atoms with van der Waals surface area (Å²) in [7, 11) is 0. The monoisotopic (exact) mass is 316 g/mol. The summed E-state index contributed by atoms with van der Waals surface area (Å²) in [5.74, 6) is -3.44. The third-order valence-corrected chi connectivity index (χ3v) is 3.38. The molecule has 124 valence electrons. The zero-order valence-corrected chi connectivity index (χ0v) is 11.9. The zero-order chi connectivity index (χ0) is 16.9. The molecule has 1 fully saturated rings. The van der Waals surface area contributed by atoms with Gasteiger partial charge in [-0.15, -0.1) is 0 Å². The number of hydrogen-bond donors (Lipinski definition) is 5. The van der Waals surface area contributed by atoms with Crippen LogP contribution in [0.15, 0.2) is 0 Å². The van der Waals surface area contributed by atoms with Crippen molar-refractivity contribution < 1.29 is 29.4 Å². The molecule has 0 radical (unpaired) electrons. The van der Waals surface area contributed by atoms with E-state index < -0.39 is 54.8 Å². The van der Waals surface area contributed by atoms with E-state index in [0.717, 1.165) is 4.90 Å². The first-order valence-electron chi connectivity index (χ1n) is 6.76. The molecule has 1 heterocycles. The number of rotatable bonds is 7. The average Bonchev–Trinajstić information content (AvgIpc) is 2.92. The summed E-state index contributed by atoms with van der Waals surface area (Å²) in [6.45, 7) is -0.480. The van der Waals surface area contributed by atoms with Gasteiger partial charge in [0.2, 0.25) is 17.7 Å². The highest BCUT2D eigenvalue weighted by molar-refractivity contribution is 5.93. The number of hydrogen-bond acceptors (Lipinski definition) is 6. The van der Waals surface area contributed by atoms with Crippen LogP contribution < -0.4 is 16.8 Å². The summed E-state index contributed by atoms with van der Waals surface area (Å²) >= 11 is 0. The van der Waals surface area contributed by atoms with Gasteiger partial charge in [0.05, 0.1) is 19.1 Å². The van der Waals surface area contributed by atoms with Crippen LogP contribution in [0.2, 0.25) is 0 Å². The summed E-state index contributed by atoms with van der Waals surface area (Å²) in [6, 6.07) is -3.53. The minimum Gasteiger partial charge on any atom is -0.480 e. The number of nitrogens with zero attached hydrogens (tertiary/aromatic N) is 1. The van der Waals surface area contributed by atoms with E-state index in [1.54, 1.807) is 0 Å². The maximum Gasteiger partial charge on any atom is 0.326 e. The Balaban J connectivity index is 2.70. The van der Waals surface area contributed by atoms with Gasteiger partial charge < -0.3 is 31.9 Å². The highest BCUT2D eigenvalue weighted by atomic mass is 16.4. The van der Waals surface area contributed by atoms with E-state index in [-0.39, 0.29) is 6.54 Å². The largest absolute Gasteiger partial charge is 0.480 e. The van der Waals surface area contributed by atoms with Crippen LogP contribution in [0, 0.1) is 0 Å². The van der Waals surface area contributed by atoms with Crippen LogP contribution in [0.1, 0.15) is 19.3 Å². The predicted molar refractivity (Wildman–Crippen MR) is 73.2 cm³/mol. The first kappa shape index (κ1) is 17.9. The Hall–Kier alpha value is -2.20. The molecule has 1 aliphatic rings. The molecule has 10 heteroatoms. The van der Waals surface area contributed by atoms with Gasteiger partial charge in [-0.3, -0.25) is 14.4 Å². The zero-order valence-electron chi connectivity index (χ0n) is 11.9. The molecular weight excluding hydrogens is 296 g/mol. The molecular formula is C12H20N4O6. The molecule has 0 aromatic carbocycles. The maximum absolute atomic E-state index is 12.2. The number of aliphatic hydroxyl groups is 1. The number of nitrogens with two attached hydrogens (primary N) is 2. The predicted octanol–water partition coefficient (Wildman–Crippen LogP) is -3.26. The van der Waals surface area contributed by atoms with E-state index >= 15 is 0 Å². The Bertz CT molecular complexity index is 469.